The van der Waals surface area contributed by atoms with Gasteiger partial charge in [0, 0.05) is 30.4 Å². The predicted molar refractivity (Wildman–Crippen MR) is 105 cm³/mol. The van der Waals surface area contributed by atoms with Crippen LogP contribution in [0.25, 0.3) is 21.9 Å². The Morgan fingerprint density at radius 3 is 2.44 bits per heavy atom. The molecule has 25 heavy (non-hydrogen) atoms. The summed E-state index contributed by atoms with van der Waals surface area (Å²) in [6.07, 6.45) is 6.00. The summed E-state index contributed by atoms with van der Waals surface area (Å²) in [6.45, 7) is 5.65. The summed E-state index contributed by atoms with van der Waals surface area (Å²) in [4.78, 5) is 7.38. The van der Waals surface area contributed by atoms with E-state index >= 15 is 0 Å². The maximum absolute atomic E-state index is 4.78. The van der Waals surface area contributed by atoms with Gasteiger partial charge in [0.15, 0.2) is 0 Å². The average Bonchev–Trinajstić information content (AvgIpc) is 2.65. The topological polar surface area (TPSA) is 16.1 Å². The highest BCUT2D eigenvalue weighted by Crippen LogP contribution is 2.29. The zero-order chi connectivity index (χ0) is 17.2. The highest BCUT2D eigenvalue weighted by Gasteiger charge is 2.24. The molecular weight excluding hydrogens is 304 g/mol. The van der Waals surface area contributed by atoms with Crippen LogP contribution in [0.5, 0.6) is 0 Å². The Bertz CT molecular complexity index is 838. The van der Waals surface area contributed by atoms with Crippen molar-refractivity contribution in [2.24, 2.45) is 0 Å². The Morgan fingerprint density at radius 2 is 1.68 bits per heavy atom. The quantitative estimate of drug-likeness (QED) is 0.615. The minimum atomic E-state index is 0.656. The molecule has 2 nitrogen and oxygen atoms in total. The fraction of sp³-hybridized carbons (Fsp3) is 0.348. The summed E-state index contributed by atoms with van der Waals surface area (Å²) in [5, 5.41) is 2.57. The van der Waals surface area contributed by atoms with Crippen molar-refractivity contribution in [2.45, 2.75) is 51.7 Å². The third-order valence-corrected chi connectivity index (χ3v) is 5.65. The largest absolute Gasteiger partial charge is 0.292 e. The fourth-order valence-corrected chi connectivity index (χ4v) is 4.13. The highest BCUT2D eigenvalue weighted by atomic mass is 15.2. The monoisotopic (exact) mass is 330 g/mol. The SMILES string of the molecule is CC1CCCC(C)N1Cc1ccc(-c2cccc3ccccc23)cn1. The summed E-state index contributed by atoms with van der Waals surface area (Å²) in [5.74, 6) is 0. The normalized spacial score (nSPS) is 21.5. The number of piperidine rings is 1. The summed E-state index contributed by atoms with van der Waals surface area (Å²) >= 11 is 0. The van der Waals surface area contributed by atoms with Gasteiger partial charge in [0.1, 0.15) is 0 Å². The van der Waals surface area contributed by atoms with E-state index in [0.29, 0.717) is 12.1 Å². The molecule has 0 aliphatic carbocycles. The number of rotatable bonds is 3. The molecule has 128 valence electrons. The van der Waals surface area contributed by atoms with E-state index in [9.17, 15) is 0 Å². The van der Waals surface area contributed by atoms with E-state index in [1.165, 1.54) is 46.9 Å². The maximum Gasteiger partial charge on any atom is 0.0544 e. The first-order valence-corrected chi connectivity index (χ1v) is 9.41. The molecule has 0 spiro atoms. The summed E-state index contributed by atoms with van der Waals surface area (Å²) in [5.41, 5.74) is 3.63. The summed E-state index contributed by atoms with van der Waals surface area (Å²) < 4.78 is 0. The lowest BCUT2D eigenvalue weighted by atomic mass is 9.97. The van der Waals surface area contributed by atoms with Gasteiger partial charge in [0.2, 0.25) is 0 Å². The van der Waals surface area contributed by atoms with Crippen molar-refractivity contribution in [1.82, 2.24) is 9.88 Å². The van der Waals surface area contributed by atoms with Crippen molar-refractivity contribution in [3.05, 3.63) is 66.5 Å². The molecule has 1 aliphatic rings. The van der Waals surface area contributed by atoms with E-state index in [2.05, 4.69) is 73.3 Å². The number of hydrogen-bond donors (Lipinski definition) is 0. The lowest BCUT2D eigenvalue weighted by molar-refractivity contribution is 0.0938. The van der Waals surface area contributed by atoms with Crippen LogP contribution in [0.3, 0.4) is 0 Å². The number of likely N-dealkylation sites (tertiary alicyclic amines) is 1. The molecule has 1 fully saturated rings. The third kappa shape index (κ3) is 3.32. The summed E-state index contributed by atoms with van der Waals surface area (Å²) in [6, 6.07) is 20.8. The molecule has 0 radical (unpaired) electrons. The van der Waals surface area contributed by atoms with Gasteiger partial charge in [0.25, 0.3) is 0 Å². The first-order chi connectivity index (χ1) is 12.2. The second-order valence-corrected chi connectivity index (χ2v) is 7.37. The molecule has 0 amide bonds. The fourth-order valence-electron chi connectivity index (χ4n) is 4.13. The lowest BCUT2D eigenvalue weighted by Gasteiger charge is -2.38. The second-order valence-electron chi connectivity index (χ2n) is 7.37. The Hall–Kier alpha value is -2.19. The van der Waals surface area contributed by atoms with E-state index in [4.69, 9.17) is 4.98 Å². The van der Waals surface area contributed by atoms with Gasteiger partial charge < -0.3 is 0 Å². The molecule has 1 saturated heterocycles. The van der Waals surface area contributed by atoms with Crippen molar-refractivity contribution >= 4 is 10.8 Å². The lowest BCUT2D eigenvalue weighted by Crippen LogP contribution is -2.43. The molecule has 0 bridgehead atoms. The first-order valence-electron chi connectivity index (χ1n) is 9.41. The van der Waals surface area contributed by atoms with Crippen LogP contribution in [0.4, 0.5) is 0 Å². The minimum absolute atomic E-state index is 0.656. The molecule has 2 heterocycles. The smallest absolute Gasteiger partial charge is 0.0544 e. The number of nitrogens with zero attached hydrogens (tertiary/aromatic N) is 2. The number of fused-ring (bicyclic) bond motifs is 1. The van der Waals surface area contributed by atoms with E-state index in [1.54, 1.807) is 0 Å². The Balaban J connectivity index is 1.59. The second kappa shape index (κ2) is 6.97. The molecule has 3 aromatic rings. The predicted octanol–water partition coefficient (Wildman–Crippen LogP) is 5.66. The zero-order valence-corrected chi connectivity index (χ0v) is 15.2. The van der Waals surface area contributed by atoms with Gasteiger partial charge in [-0.05, 0) is 49.1 Å². The molecule has 2 heteroatoms. The van der Waals surface area contributed by atoms with Crippen molar-refractivity contribution in [1.29, 1.82) is 0 Å². The number of hydrogen-bond acceptors (Lipinski definition) is 2. The molecule has 2 unspecified atom stereocenters. The molecule has 0 N–H and O–H groups in total. The standard InChI is InChI=1S/C23H26N2/c1-17-7-5-8-18(2)25(17)16-21-14-13-20(15-24-21)23-12-6-10-19-9-3-4-11-22(19)23/h3-4,6,9-15,17-18H,5,7-8,16H2,1-2H3. The molecule has 2 atom stereocenters. The van der Waals surface area contributed by atoms with Crippen molar-refractivity contribution < 1.29 is 0 Å². The molecule has 1 aromatic heterocycles. The van der Waals surface area contributed by atoms with Crippen molar-refractivity contribution in [3.8, 4) is 11.1 Å². The van der Waals surface area contributed by atoms with Crippen LogP contribution in [-0.2, 0) is 6.54 Å². The van der Waals surface area contributed by atoms with E-state index in [0.717, 1.165) is 6.54 Å². The van der Waals surface area contributed by atoms with Gasteiger partial charge in [0.05, 0.1) is 5.69 Å². The average molecular weight is 330 g/mol. The van der Waals surface area contributed by atoms with Crippen molar-refractivity contribution in [3.63, 3.8) is 0 Å². The van der Waals surface area contributed by atoms with Crippen LogP contribution in [0.15, 0.2) is 60.8 Å². The number of aromatic nitrogens is 1. The number of pyridine rings is 1. The molecule has 4 rings (SSSR count). The number of benzene rings is 2. The van der Waals surface area contributed by atoms with Crippen molar-refractivity contribution in [2.75, 3.05) is 0 Å². The van der Waals surface area contributed by atoms with Gasteiger partial charge in [-0.3, -0.25) is 9.88 Å². The Kier molecular flexibility index (Phi) is 4.54. The van der Waals surface area contributed by atoms with Gasteiger partial charge in [-0.1, -0.05) is 55.0 Å². The molecule has 0 saturated carbocycles. The van der Waals surface area contributed by atoms with Crippen LogP contribution in [0, 0.1) is 0 Å². The van der Waals surface area contributed by atoms with E-state index in [-0.39, 0.29) is 0 Å². The first kappa shape index (κ1) is 16.3. The minimum Gasteiger partial charge on any atom is -0.292 e. The molecular formula is C23H26N2. The summed E-state index contributed by atoms with van der Waals surface area (Å²) in [7, 11) is 0. The third-order valence-electron chi connectivity index (χ3n) is 5.65. The van der Waals surface area contributed by atoms with Crippen LogP contribution in [-0.4, -0.2) is 22.0 Å². The zero-order valence-electron chi connectivity index (χ0n) is 15.2. The Morgan fingerprint density at radius 1 is 0.920 bits per heavy atom. The van der Waals surface area contributed by atoms with Crippen LogP contribution in [0.2, 0.25) is 0 Å². The maximum atomic E-state index is 4.78. The van der Waals surface area contributed by atoms with Gasteiger partial charge in [-0.15, -0.1) is 0 Å². The van der Waals surface area contributed by atoms with Crippen LogP contribution < -0.4 is 0 Å². The molecule has 1 aliphatic heterocycles. The van der Waals surface area contributed by atoms with Gasteiger partial charge in [-0.2, -0.15) is 0 Å². The van der Waals surface area contributed by atoms with Crippen LogP contribution in [0.1, 0.15) is 38.8 Å². The van der Waals surface area contributed by atoms with E-state index in [1.807, 2.05) is 6.20 Å². The van der Waals surface area contributed by atoms with Gasteiger partial charge in [-0.25, -0.2) is 0 Å². The van der Waals surface area contributed by atoms with Crippen LogP contribution >= 0.6 is 0 Å². The molecule has 2 aromatic carbocycles. The Labute approximate surface area is 150 Å². The van der Waals surface area contributed by atoms with Gasteiger partial charge >= 0.3 is 0 Å². The van der Waals surface area contributed by atoms with E-state index < -0.39 is 0 Å². The highest BCUT2D eigenvalue weighted by molar-refractivity contribution is 5.96.